The van der Waals surface area contributed by atoms with Gasteiger partial charge in [-0.2, -0.15) is 0 Å². The van der Waals surface area contributed by atoms with E-state index >= 15 is 0 Å². The minimum absolute atomic E-state index is 0.0597. The van der Waals surface area contributed by atoms with Crippen LogP contribution in [0.1, 0.15) is 85.3 Å². The Balaban J connectivity index is 1.70. The topological polar surface area (TPSA) is 98.0 Å². The second kappa shape index (κ2) is 7.49. The molecular weight excluding hydrogens is 368 g/mol. The maximum absolute atomic E-state index is 11.6. The highest BCUT2D eigenvalue weighted by Crippen LogP contribution is 2.68. The first kappa shape index (κ1) is 16.0. The summed E-state index contributed by atoms with van der Waals surface area (Å²) in [6.07, 6.45) is -7.37. The van der Waals surface area contributed by atoms with Crippen LogP contribution in [0.3, 0.4) is 0 Å². The number of aliphatic carboxylic acids is 1. The molecule has 4 aliphatic carbocycles. The minimum atomic E-state index is -3.09. The summed E-state index contributed by atoms with van der Waals surface area (Å²) in [5, 5.41) is 42.6. The van der Waals surface area contributed by atoms with Crippen LogP contribution in [0.4, 0.5) is 0 Å². The van der Waals surface area contributed by atoms with Crippen molar-refractivity contribution in [2.75, 3.05) is 0 Å². The van der Waals surface area contributed by atoms with Gasteiger partial charge in [-0.1, -0.05) is 20.8 Å². The first-order valence-corrected chi connectivity index (χ1v) is 11.3. The van der Waals surface area contributed by atoms with Crippen molar-refractivity contribution in [1.29, 1.82) is 0 Å². The maximum atomic E-state index is 11.6. The van der Waals surface area contributed by atoms with E-state index in [9.17, 15) is 20.1 Å². The van der Waals surface area contributed by atoms with Crippen LogP contribution >= 0.6 is 0 Å². The molecule has 5 nitrogen and oxygen atoms in total. The number of hydrogen-bond acceptors (Lipinski definition) is 4. The molecule has 0 aliphatic heterocycles. The molecule has 0 heterocycles. The number of hydrogen-bond donors (Lipinski definition) is 4. The Kier molecular flexibility index (Phi) is 4.15. The largest absolute Gasteiger partial charge is 0.481 e. The number of aliphatic hydroxyl groups excluding tert-OH is 2. The predicted octanol–water partition coefficient (Wildman–Crippen LogP) is 3.45. The standard InChI is InChI=1S/C24H40O5/c1-13(4-9-22(28)29)17-7-8-18-16-6-5-14-10-15(25)11-20(26)23(14,2)19(16)12-21(27)24(17,18)3/h13-21,25-27H,4-12H2,1-3H3,(H,28,29)/t13-,14-,15+,16+,17-,18+,19+,20-,21+,23+,24-/m1/s1/i10D2,11D2,15D. The minimum Gasteiger partial charge on any atom is -0.481 e. The van der Waals surface area contributed by atoms with Gasteiger partial charge in [-0.25, -0.2) is 0 Å². The molecule has 4 saturated carbocycles. The molecule has 4 rings (SSSR count). The summed E-state index contributed by atoms with van der Waals surface area (Å²) in [6, 6.07) is 0. The van der Waals surface area contributed by atoms with Crippen molar-refractivity contribution in [2.24, 2.45) is 46.3 Å². The van der Waals surface area contributed by atoms with Crippen molar-refractivity contribution in [3.63, 3.8) is 0 Å². The number of carbonyl (C=O) groups is 1. The van der Waals surface area contributed by atoms with E-state index in [0.717, 1.165) is 12.8 Å². The van der Waals surface area contributed by atoms with E-state index in [4.69, 9.17) is 12.0 Å². The third kappa shape index (κ3) is 3.18. The lowest BCUT2D eigenvalue weighted by atomic mass is 9.43. The number of carboxylic acids is 1. The molecule has 0 unspecified atom stereocenters. The van der Waals surface area contributed by atoms with Gasteiger partial charge in [0.25, 0.3) is 0 Å². The fourth-order valence-electron chi connectivity index (χ4n) is 7.98. The quantitative estimate of drug-likeness (QED) is 0.566. The number of rotatable bonds is 4. The number of aliphatic hydroxyl groups is 3. The van der Waals surface area contributed by atoms with Crippen molar-refractivity contribution >= 4 is 5.97 Å². The summed E-state index contributed by atoms with van der Waals surface area (Å²) >= 11 is 0. The van der Waals surface area contributed by atoms with Gasteiger partial charge in [-0.05, 0) is 97.6 Å². The highest BCUT2D eigenvalue weighted by Gasteiger charge is 2.65. The van der Waals surface area contributed by atoms with Crippen LogP contribution in [-0.4, -0.2) is 44.7 Å². The van der Waals surface area contributed by atoms with E-state index in [1.165, 1.54) is 0 Å². The molecule has 29 heavy (non-hydrogen) atoms. The van der Waals surface area contributed by atoms with E-state index < -0.39 is 53.8 Å². The molecule has 0 bridgehead atoms. The molecule has 166 valence electrons. The third-order valence-corrected chi connectivity index (χ3v) is 9.63. The van der Waals surface area contributed by atoms with Gasteiger partial charge in [0.2, 0.25) is 0 Å². The lowest BCUT2D eigenvalue weighted by Crippen LogP contribution is -2.62. The van der Waals surface area contributed by atoms with Crippen molar-refractivity contribution in [3.05, 3.63) is 0 Å². The lowest BCUT2D eigenvalue weighted by Gasteiger charge is -2.63. The second-order valence-electron chi connectivity index (χ2n) is 10.6. The van der Waals surface area contributed by atoms with Crippen molar-refractivity contribution in [1.82, 2.24) is 0 Å². The number of carboxylic acid groups (broad SMARTS) is 1. The SMILES string of the molecule is [2H]C1([2H])[C@@H](O)[C@@]2(C)[C@H](CC[C@@H]3[C@@H]2C[C@H](O)[C@]2(C)[C@@H]([C@H](C)CCC(=O)O)CC[C@@H]32)C([2H])([2H])[C@]1([2H])O. The Hall–Kier alpha value is -0.650. The summed E-state index contributed by atoms with van der Waals surface area (Å²) in [5.74, 6) is -1.63. The van der Waals surface area contributed by atoms with Gasteiger partial charge in [0, 0.05) is 11.9 Å². The Bertz CT molecular complexity index is 837. The molecule has 0 aromatic heterocycles. The van der Waals surface area contributed by atoms with Gasteiger partial charge in [-0.15, -0.1) is 0 Å². The van der Waals surface area contributed by atoms with Crippen LogP contribution in [0.25, 0.3) is 0 Å². The van der Waals surface area contributed by atoms with Crippen LogP contribution in [0.2, 0.25) is 0 Å². The monoisotopic (exact) mass is 413 g/mol. The number of fused-ring (bicyclic) bond motifs is 5. The smallest absolute Gasteiger partial charge is 0.303 e. The van der Waals surface area contributed by atoms with E-state index in [1.807, 2.05) is 0 Å². The fraction of sp³-hybridized carbons (Fsp3) is 0.958. The Morgan fingerprint density at radius 1 is 1.07 bits per heavy atom. The highest BCUT2D eigenvalue weighted by atomic mass is 16.4. The molecule has 0 amide bonds. The predicted molar refractivity (Wildman–Crippen MR) is 110 cm³/mol. The fourth-order valence-corrected chi connectivity index (χ4v) is 7.98. The van der Waals surface area contributed by atoms with Crippen LogP contribution in [0.5, 0.6) is 0 Å². The molecule has 4 N–H and O–H groups in total. The van der Waals surface area contributed by atoms with Crippen molar-refractivity contribution < 1.29 is 32.1 Å². The van der Waals surface area contributed by atoms with Crippen molar-refractivity contribution in [3.8, 4) is 0 Å². The van der Waals surface area contributed by atoms with E-state index in [0.29, 0.717) is 25.7 Å². The Morgan fingerprint density at radius 3 is 2.48 bits per heavy atom. The second-order valence-corrected chi connectivity index (χ2v) is 10.6. The van der Waals surface area contributed by atoms with E-state index in [-0.39, 0.29) is 36.0 Å². The summed E-state index contributed by atoms with van der Waals surface area (Å²) < 4.78 is 42.2. The van der Waals surface area contributed by atoms with E-state index in [1.54, 1.807) is 6.92 Å². The zero-order chi connectivity index (χ0) is 25.6. The third-order valence-electron chi connectivity index (χ3n) is 9.63. The molecule has 0 spiro atoms. The van der Waals surface area contributed by atoms with Crippen LogP contribution in [0.15, 0.2) is 0 Å². The molecule has 11 atom stereocenters. The average molecular weight is 414 g/mol. The van der Waals surface area contributed by atoms with Crippen LogP contribution < -0.4 is 0 Å². The first-order chi connectivity index (χ1) is 15.5. The molecule has 4 aliphatic rings. The normalized spacial score (nSPS) is 61.4. The molecule has 0 aromatic rings. The van der Waals surface area contributed by atoms with E-state index in [2.05, 4.69) is 13.8 Å². The zero-order valence-corrected chi connectivity index (χ0v) is 17.8. The Labute approximate surface area is 181 Å². The summed E-state index contributed by atoms with van der Waals surface area (Å²) in [5.41, 5.74) is -1.66. The highest BCUT2D eigenvalue weighted by molar-refractivity contribution is 5.66. The van der Waals surface area contributed by atoms with Gasteiger partial charge < -0.3 is 20.4 Å². The van der Waals surface area contributed by atoms with Gasteiger partial charge in [-0.3, -0.25) is 4.79 Å². The molecule has 4 fully saturated rings. The lowest BCUT2D eigenvalue weighted by molar-refractivity contribution is -0.207. The summed E-state index contributed by atoms with van der Waals surface area (Å²) in [7, 11) is 0. The van der Waals surface area contributed by atoms with Gasteiger partial charge >= 0.3 is 5.97 Å². The van der Waals surface area contributed by atoms with Gasteiger partial charge in [0.1, 0.15) is 0 Å². The average Bonchev–Trinajstić information content (AvgIpc) is 3.10. The summed E-state index contributed by atoms with van der Waals surface area (Å²) in [4.78, 5) is 11.1. The van der Waals surface area contributed by atoms with Crippen molar-refractivity contribution in [2.45, 2.75) is 96.8 Å². The zero-order valence-electron chi connectivity index (χ0n) is 22.8. The summed E-state index contributed by atoms with van der Waals surface area (Å²) in [6.45, 7) is 5.85. The molecule has 5 heteroatoms. The van der Waals surface area contributed by atoms with Crippen LogP contribution in [0, 0.1) is 46.3 Å². The molecular formula is C24H40O5. The Morgan fingerprint density at radius 2 is 1.79 bits per heavy atom. The van der Waals surface area contributed by atoms with Gasteiger partial charge in [0.15, 0.2) is 0 Å². The first-order valence-electron chi connectivity index (χ1n) is 13.8. The maximum Gasteiger partial charge on any atom is 0.303 e. The van der Waals surface area contributed by atoms with Gasteiger partial charge in [0.05, 0.1) is 19.7 Å². The molecule has 0 saturated heterocycles. The molecule has 0 aromatic carbocycles. The van der Waals surface area contributed by atoms with Crippen LogP contribution in [-0.2, 0) is 4.79 Å². The molecule has 0 radical (unpaired) electrons.